The lowest BCUT2D eigenvalue weighted by atomic mass is 10.1. The quantitative estimate of drug-likeness (QED) is 0.649. The van der Waals surface area contributed by atoms with Gasteiger partial charge >= 0.3 is 0 Å². The van der Waals surface area contributed by atoms with Crippen molar-refractivity contribution in [3.8, 4) is 0 Å². The summed E-state index contributed by atoms with van der Waals surface area (Å²) in [5, 5.41) is 3.54. The molecule has 0 aromatic carbocycles. The van der Waals surface area contributed by atoms with E-state index in [-0.39, 0.29) is 6.10 Å². The fourth-order valence-electron chi connectivity index (χ4n) is 2.04. The van der Waals surface area contributed by atoms with Crippen LogP contribution in [0.3, 0.4) is 0 Å². The van der Waals surface area contributed by atoms with Gasteiger partial charge in [-0.1, -0.05) is 13.8 Å². The highest BCUT2D eigenvalue weighted by Crippen LogP contribution is 2.08. The predicted molar refractivity (Wildman–Crippen MR) is 70.4 cm³/mol. The zero-order valence-electron chi connectivity index (χ0n) is 11.6. The van der Waals surface area contributed by atoms with Crippen LogP contribution < -0.4 is 5.32 Å². The summed E-state index contributed by atoms with van der Waals surface area (Å²) in [5.41, 5.74) is 0. The van der Waals surface area contributed by atoms with Crippen molar-refractivity contribution < 1.29 is 9.47 Å². The molecule has 0 spiro atoms. The predicted octanol–water partition coefficient (Wildman–Crippen LogP) is 1.11. The molecule has 1 rings (SSSR count). The van der Waals surface area contributed by atoms with Crippen LogP contribution in [0, 0.1) is 0 Å². The Labute approximate surface area is 106 Å². The van der Waals surface area contributed by atoms with Gasteiger partial charge in [-0.15, -0.1) is 0 Å². The molecule has 0 bridgehead atoms. The Morgan fingerprint density at radius 3 is 2.88 bits per heavy atom. The Morgan fingerprint density at radius 1 is 1.41 bits per heavy atom. The van der Waals surface area contributed by atoms with Gasteiger partial charge < -0.3 is 19.7 Å². The first-order chi connectivity index (χ1) is 8.27. The Bertz CT molecular complexity index is 190. The molecule has 2 unspecified atom stereocenters. The molecule has 1 N–H and O–H groups in total. The lowest BCUT2D eigenvalue weighted by molar-refractivity contribution is -0.0549. The van der Waals surface area contributed by atoms with Gasteiger partial charge in [0.1, 0.15) is 0 Å². The normalized spacial score (nSPS) is 23.8. The number of hydrogen-bond donors (Lipinski definition) is 1. The highest BCUT2D eigenvalue weighted by molar-refractivity contribution is 4.82. The molecule has 102 valence electrons. The van der Waals surface area contributed by atoms with Crippen LogP contribution in [0.5, 0.6) is 0 Å². The third-order valence-electron chi connectivity index (χ3n) is 3.05. The summed E-state index contributed by atoms with van der Waals surface area (Å²) in [6, 6.07) is 0.323. The number of morpholine rings is 1. The van der Waals surface area contributed by atoms with Crippen molar-refractivity contribution in [2.24, 2.45) is 0 Å². The third-order valence-corrected chi connectivity index (χ3v) is 3.05. The second kappa shape index (κ2) is 8.86. The van der Waals surface area contributed by atoms with Gasteiger partial charge in [-0.05, 0) is 26.4 Å². The van der Waals surface area contributed by atoms with E-state index in [0.29, 0.717) is 6.04 Å². The number of hydrogen-bond acceptors (Lipinski definition) is 4. The molecule has 4 heteroatoms. The number of ether oxygens (including phenoxy) is 2. The van der Waals surface area contributed by atoms with E-state index >= 15 is 0 Å². The Balaban J connectivity index is 2.36. The zero-order chi connectivity index (χ0) is 12.5. The smallest absolute Gasteiger partial charge is 0.0877 e. The number of rotatable bonds is 8. The third kappa shape index (κ3) is 5.82. The van der Waals surface area contributed by atoms with Crippen molar-refractivity contribution in [1.29, 1.82) is 0 Å². The minimum Gasteiger partial charge on any atom is -0.380 e. The molecule has 0 amide bonds. The summed E-state index contributed by atoms with van der Waals surface area (Å²) in [6.07, 6.45) is 2.48. The molecule has 0 aromatic rings. The molecule has 1 aliphatic heterocycles. The van der Waals surface area contributed by atoms with Crippen molar-refractivity contribution in [2.75, 3.05) is 46.5 Å². The summed E-state index contributed by atoms with van der Waals surface area (Å²) in [6.45, 7) is 9.82. The largest absolute Gasteiger partial charge is 0.380 e. The Kier molecular flexibility index (Phi) is 7.77. The monoisotopic (exact) mass is 244 g/mol. The van der Waals surface area contributed by atoms with Gasteiger partial charge in [-0.25, -0.2) is 0 Å². The van der Waals surface area contributed by atoms with Crippen LogP contribution in [-0.4, -0.2) is 63.5 Å². The van der Waals surface area contributed by atoms with E-state index in [1.165, 1.54) is 0 Å². The first-order valence-electron chi connectivity index (χ1n) is 6.89. The first kappa shape index (κ1) is 14.9. The summed E-state index contributed by atoms with van der Waals surface area (Å²) in [5.74, 6) is 0. The lowest BCUT2D eigenvalue weighted by Gasteiger charge is -2.35. The molecule has 0 radical (unpaired) electrons. The standard InChI is InChI=1S/C13H28N2O2/c1-4-6-14-12(11-16-8-5-2)13-10-15(3)7-9-17-13/h12-14H,4-11H2,1-3H3. The average molecular weight is 244 g/mol. The van der Waals surface area contributed by atoms with E-state index in [1.54, 1.807) is 0 Å². The molecule has 4 nitrogen and oxygen atoms in total. The van der Waals surface area contributed by atoms with Crippen LogP contribution in [0.2, 0.25) is 0 Å². The molecule has 1 aliphatic rings. The second-order valence-electron chi connectivity index (χ2n) is 4.81. The van der Waals surface area contributed by atoms with Crippen LogP contribution in [0.1, 0.15) is 26.7 Å². The lowest BCUT2D eigenvalue weighted by Crippen LogP contribution is -2.53. The van der Waals surface area contributed by atoms with Gasteiger partial charge in [0.15, 0.2) is 0 Å². The maximum Gasteiger partial charge on any atom is 0.0877 e. The molecule has 1 fully saturated rings. The summed E-state index contributed by atoms with van der Waals surface area (Å²) in [4.78, 5) is 2.33. The summed E-state index contributed by atoms with van der Waals surface area (Å²) < 4.78 is 11.5. The van der Waals surface area contributed by atoms with Crippen molar-refractivity contribution in [2.45, 2.75) is 38.8 Å². The molecular formula is C13H28N2O2. The maximum atomic E-state index is 5.85. The van der Waals surface area contributed by atoms with Crippen molar-refractivity contribution in [1.82, 2.24) is 10.2 Å². The van der Waals surface area contributed by atoms with Gasteiger partial charge in [0.25, 0.3) is 0 Å². The number of nitrogens with zero attached hydrogens (tertiary/aromatic N) is 1. The van der Waals surface area contributed by atoms with Gasteiger partial charge in [0.05, 0.1) is 25.4 Å². The average Bonchev–Trinajstić information content (AvgIpc) is 2.33. The SMILES string of the molecule is CCCNC(COCCC)C1CN(C)CCO1. The second-order valence-corrected chi connectivity index (χ2v) is 4.81. The molecular weight excluding hydrogens is 216 g/mol. The minimum absolute atomic E-state index is 0.261. The van der Waals surface area contributed by atoms with Crippen molar-refractivity contribution >= 4 is 0 Å². The fraction of sp³-hybridized carbons (Fsp3) is 1.00. The first-order valence-corrected chi connectivity index (χ1v) is 6.89. The highest BCUT2D eigenvalue weighted by atomic mass is 16.5. The Hall–Kier alpha value is -0.160. The van der Waals surface area contributed by atoms with Gasteiger partial charge in [-0.3, -0.25) is 0 Å². The summed E-state index contributed by atoms with van der Waals surface area (Å²) in [7, 11) is 2.15. The molecule has 0 aromatic heterocycles. The van der Waals surface area contributed by atoms with Crippen molar-refractivity contribution in [3.63, 3.8) is 0 Å². The minimum atomic E-state index is 0.261. The summed E-state index contributed by atoms with van der Waals surface area (Å²) >= 11 is 0. The van der Waals surface area contributed by atoms with Crippen molar-refractivity contribution in [3.05, 3.63) is 0 Å². The van der Waals surface area contributed by atoms with Crippen LogP contribution in [0.4, 0.5) is 0 Å². The molecule has 0 saturated carbocycles. The van der Waals surface area contributed by atoms with Crippen LogP contribution in [-0.2, 0) is 9.47 Å². The molecule has 17 heavy (non-hydrogen) atoms. The Morgan fingerprint density at radius 2 is 2.24 bits per heavy atom. The van der Waals surface area contributed by atoms with Crippen LogP contribution in [0.25, 0.3) is 0 Å². The highest BCUT2D eigenvalue weighted by Gasteiger charge is 2.26. The van der Waals surface area contributed by atoms with E-state index in [2.05, 4.69) is 31.1 Å². The van der Waals surface area contributed by atoms with E-state index in [0.717, 1.165) is 52.3 Å². The van der Waals surface area contributed by atoms with E-state index < -0.39 is 0 Å². The maximum absolute atomic E-state index is 5.85. The molecule has 1 saturated heterocycles. The van der Waals surface area contributed by atoms with Crippen LogP contribution >= 0.6 is 0 Å². The number of nitrogens with one attached hydrogen (secondary N) is 1. The molecule has 1 heterocycles. The van der Waals surface area contributed by atoms with Gasteiger partial charge in [-0.2, -0.15) is 0 Å². The van der Waals surface area contributed by atoms with E-state index in [1.807, 2.05) is 0 Å². The van der Waals surface area contributed by atoms with Crippen LogP contribution in [0.15, 0.2) is 0 Å². The van der Waals surface area contributed by atoms with E-state index in [9.17, 15) is 0 Å². The molecule has 2 atom stereocenters. The fourth-order valence-corrected chi connectivity index (χ4v) is 2.04. The topological polar surface area (TPSA) is 33.7 Å². The van der Waals surface area contributed by atoms with Gasteiger partial charge in [0.2, 0.25) is 0 Å². The zero-order valence-corrected chi connectivity index (χ0v) is 11.6. The van der Waals surface area contributed by atoms with Gasteiger partial charge in [0, 0.05) is 19.7 Å². The molecule has 0 aliphatic carbocycles. The number of likely N-dealkylation sites (N-methyl/N-ethyl adjacent to an activating group) is 1. The van der Waals surface area contributed by atoms with E-state index in [4.69, 9.17) is 9.47 Å².